The van der Waals surface area contributed by atoms with Gasteiger partial charge in [-0.25, -0.2) is 0 Å². The fraction of sp³-hybridized carbons (Fsp3) is 1.00. The highest BCUT2D eigenvalue weighted by molar-refractivity contribution is 4.90. The minimum absolute atomic E-state index is 0.286. The van der Waals surface area contributed by atoms with E-state index >= 15 is 0 Å². The van der Waals surface area contributed by atoms with Crippen molar-refractivity contribution in [2.45, 2.75) is 72.3 Å². The van der Waals surface area contributed by atoms with Gasteiger partial charge in [-0.2, -0.15) is 0 Å². The second-order valence-electron chi connectivity index (χ2n) is 7.57. The summed E-state index contributed by atoms with van der Waals surface area (Å²) < 4.78 is 0. The summed E-state index contributed by atoms with van der Waals surface area (Å²) in [5.74, 6) is 0.888. The van der Waals surface area contributed by atoms with Gasteiger partial charge in [-0.1, -0.05) is 47.0 Å². The van der Waals surface area contributed by atoms with Gasteiger partial charge in [0.2, 0.25) is 0 Å². The summed E-state index contributed by atoms with van der Waals surface area (Å²) in [7, 11) is 0. The Balaban J connectivity index is 2.64. The highest BCUT2D eigenvalue weighted by atomic mass is 16.3. The zero-order valence-corrected chi connectivity index (χ0v) is 14.8. The van der Waals surface area contributed by atoms with Gasteiger partial charge in [0.25, 0.3) is 0 Å². The molecule has 0 aliphatic heterocycles. The van der Waals surface area contributed by atoms with Crippen LogP contribution < -0.4 is 5.32 Å². The molecule has 2 N–H and O–H groups in total. The van der Waals surface area contributed by atoms with Crippen LogP contribution in [0.15, 0.2) is 0 Å². The number of aliphatic hydroxyl groups is 1. The predicted octanol–water partition coefficient (Wildman–Crippen LogP) is 3.28. The van der Waals surface area contributed by atoms with Crippen molar-refractivity contribution in [2.75, 3.05) is 32.8 Å². The van der Waals surface area contributed by atoms with Crippen molar-refractivity contribution in [1.29, 1.82) is 0 Å². The van der Waals surface area contributed by atoms with Crippen molar-refractivity contribution in [2.24, 2.45) is 11.3 Å². The molecule has 0 radical (unpaired) electrons. The lowest BCUT2D eigenvalue weighted by Crippen LogP contribution is -2.48. The van der Waals surface area contributed by atoms with Crippen LogP contribution in [0.5, 0.6) is 0 Å². The lowest BCUT2D eigenvalue weighted by atomic mass is 9.70. The maximum atomic E-state index is 9.35. The van der Waals surface area contributed by atoms with Crippen molar-refractivity contribution in [3.8, 4) is 0 Å². The first kappa shape index (κ1) is 18.9. The fourth-order valence-electron chi connectivity index (χ4n) is 3.45. The average Bonchev–Trinajstić information content (AvgIpc) is 2.46. The normalized spacial score (nSPS) is 26.7. The Labute approximate surface area is 132 Å². The van der Waals surface area contributed by atoms with Gasteiger partial charge in [0.15, 0.2) is 0 Å². The third kappa shape index (κ3) is 7.12. The van der Waals surface area contributed by atoms with E-state index in [1.54, 1.807) is 0 Å². The molecule has 1 rings (SSSR count). The first-order valence-electron chi connectivity index (χ1n) is 9.08. The lowest BCUT2D eigenvalue weighted by molar-refractivity contribution is 0.0734. The Morgan fingerprint density at radius 3 is 2.43 bits per heavy atom. The van der Waals surface area contributed by atoms with E-state index in [2.05, 4.69) is 37.9 Å². The third-order valence-electron chi connectivity index (χ3n) is 5.02. The van der Waals surface area contributed by atoms with Crippen LogP contribution in [0.25, 0.3) is 0 Å². The summed E-state index contributed by atoms with van der Waals surface area (Å²) in [5, 5.41) is 13.0. The van der Waals surface area contributed by atoms with Gasteiger partial charge in [0.1, 0.15) is 0 Å². The van der Waals surface area contributed by atoms with Gasteiger partial charge in [-0.05, 0) is 37.1 Å². The van der Waals surface area contributed by atoms with E-state index in [4.69, 9.17) is 0 Å². The zero-order valence-electron chi connectivity index (χ0n) is 14.8. The molecule has 0 aromatic rings. The van der Waals surface area contributed by atoms with Gasteiger partial charge < -0.3 is 15.3 Å². The van der Waals surface area contributed by atoms with Crippen LogP contribution in [0.3, 0.4) is 0 Å². The van der Waals surface area contributed by atoms with Crippen LogP contribution >= 0.6 is 0 Å². The van der Waals surface area contributed by atoms with Gasteiger partial charge in [0, 0.05) is 25.7 Å². The molecule has 0 bridgehead atoms. The van der Waals surface area contributed by atoms with E-state index in [0.29, 0.717) is 11.5 Å². The minimum atomic E-state index is 0.286. The number of nitrogens with one attached hydrogen (secondary N) is 1. The summed E-state index contributed by atoms with van der Waals surface area (Å²) in [6.07, 6.45) is 7.87. The van der Waals surface area contributed by atoms with E-state index in [1.807, 2.05) is 0 Å². The molecule has 0 saturated heterocycles. The molecular weight excluding hydrogens is 260 g/mol. The number of hydrogen-bond acceptors (Lipinski definition) is 3. The maximum absolute atomic E-state index is 9.35. The molecule has 0 spiro atoms. The average molecular weight is 299 g/mol. The smallest absolute Gasteiger partial charge is 0.0558 e. The molecule has 3 nitrogen and oxygen atoms in total. The number of hydrogen-bond donors (Lipinski definition) is 2. The summed E-state index contributed by atoms with van der Waals surface area (Å²) in [6, 6.07) is 0.558. The van der Waals surface area contributed by atoms with E-state index in [-0.39, 0.29) is 6.61 Å². The monoisotopic (exact) mass is 298 g/mol. The third-order valence-corrected chi connectivity index (χ3v) is 5.02. The molecular formula is C18H38N2O. The Morgan fingerprint density at radius 1 is 1.24 bits per heavy atom. The number of aliphatic hydroxyl groups excluding tert-OH is 1. The molecule has 3 heteroatoms. The second kappa shape index (κ2) is 9.81. The van der Waals surface area contributed by atoms with E-state index in [9.17, 15) is 5.11 Å². The molecule has 0 amide bonds. The number of nitrogens with zero attached hydrogens (tertiary/aromatic N) is 1. The molecule has 1 aliphatic rings. The predicted molar refractivity (Wildman–Crippen MR) is 91.6 cm³/mol. The van der Waals surface area contributed by atoms with Gasteiger partial charge >= 0.3 is 0 Å². The highest BCUT2D eigenvalue weighted by Crippen LogP contribution is 2.39. The molecule has 0 aromatic heterocycles. The molecule has 1 aliphatic carbocycles. The summed E-state index contributed by atoms with van der Waals surface area (Å²) in [5.41, 5.74) is 0.416. The summed E-state index contributed by atoms with van der Waals surface area (Å²) >= 11 is 0. The molecule has 0 atom stereocenters. The van der Waals surface area contributed by atoms with Gasteiger partial charge in [-0.15, -0.1) is 0 Å². The Kier molecular flexibility index (Phi) is 8.84. The zero-order chi connectivity index (χ0) is 15.7. The van der Waals surface area contributed by atoms with Crippen LogP contribution in [0.4, 0.5) is 0 Å². The molecule has 1 fully saturated rings. The molecule has 21 heavy (non-hydrogen) atoms. The van der Waals surface area contributed by atoms with Crippen molar-refractivity contribution in [1.82, 2.24) is 10.2 Å². The van der Waals surface area contributed by atoms with Crippen molar-refractivity contribution < 1.29 is 5.11 Å². The molecule has 126 valence electrons. The summed E-state index contributed by atoms with van der Waals surface area (Å²) in [6.45, 7) is 13.6. The first-order chi connectivity index (χ1) is 10.0. The van der Waals surface area contributed by atoms with Crippen LogP contribution in [0.2, 0.25) is 0 Å². The largest absolute Gasteiger partial charge is 0.395 e. The fourth-order valence-corrected chi connectivity index (χ4v) is 3.45. The standard InChI is InChI=1S/C18H38N2O/c1-5-6-11-20(12-13-21)15-18(14-19-16(2)3)9-7-17(4)8-10-18/h16-17,19,21H,5-15H2,1-4H3. The van der Waals surface area contributed by atoms with E-state index in [1.165, 1.54) is 38.5 Å². The molecule has 0 heterocycles. The van der Waals surface area contributed by atoms with Crippen LogP contribution in [0.1, 0.15) is 66.2 Å². The van der Waals surface area contributed by atoms with E-state index in [0.717, 1.165) is 32.1 Å². The Morgan fingerprint density at radius 2 is 1.90 bits per heavy atom. The SMILES string of the molecule is CCCCN(CCO)CC1(CNC(C)C)CCC(C)CC1. The Bertz CT molecular complexity index is 260. The van der Waals surface area contributed by atoms with Gasteiger partial charge in [0.05, 0.1) is 6.61 Å². The van der Waals surface area contributed by atoms with Crippen molar-refractivity contribution >= 4 is 0 Å². The first-order valence-corrected chi connectivity index (χ1v) is 9.08. The van der Waals surface area contributed by atoms with Crippen LogP contribution in [0, 0.1) is 11.3 Å². The molecule has 0 aromatic carbocycles. The lowest BCUT2D eigenvalue weighted by Gasteiger charge is -2.43. The Hall–Kier alpha value is -0.120. The van der Waals surface area contributed by atoms with Gasteiger partial charge in [-0.3, -0.25) is 0 Å². The van der Waals surface area contributed by atoms with Crippen molar-refractivity contribution in [3.05, 3.63) is 0 Å². The van der Waals surface area contributed by atoms with Crippen LogP contribution in [-0.4, -0.2) is 48.8 Å². The molecule has 1 saturated carbocycles. The quantitative estimate of drug-likeness (QED) is 0.650. The topological polar surface area (TPSA) is 35.5 Å². The minimum Gasteiger partial charge on any atom is -0.395 e. The molecule has 0 unspecified atom stereocenters. The second-order valence-corrected chi connectivity index (χ2v) is 7.57. The van der Waals surface area contributed by atoms with Crippen LogP contribution in [-0.2, 0) is 0 Å². The number of rotatable bonds is 10. The highest BCUT2D eigenvalue weighted by Gasteiger charge is 2.35. The van der Waals surface area contributed by atoms with E-state index < -0.39 is 0 Å². The van der Waals surface area contributed by atoms with Crippen molar-refractivity contribution in [3.63, 3.8) is 0 Å². The maximum Gasteiger partial charge on any atom is 0.0558 e. The number of unbranched alkanes of at least 4 members (excludes halogenated alkanes) is 1. The summed E-state index contributed by atoms with van der Waals surface area (Å²) in [4.78, 5) is 2.50.